The topological polar surface area (TPSA) is 65.0 Å². The van der Waals surface area contributed by atoms with Crippen molar-refractivity contribution in [2.75, 3.05) is 5.75 Å². The second-order valence-electron chi connectivity index (χ2n) is 5.67. The Labute approximate surface area is 162 Å². The SMILES string of the molecule is CCSc1c(-c2nc3cc4c(cc3[nH]2)OC(F)(F)C(F)(F)O4)nc(Br)n1C. The molecule has 0 atom stereocenters. The second kappa shape index (κ2) is 6.03. The number of rotatable bonds is 3. The Morgan fingerprint density at radius 2 is 1.78 bits per heavy atom. The summed E-state index contributed by atoms with van der Waals surface area (Å²) in [7, 11) is 1.83. The lowest BCUT2D eigenvalue weighted by Gasteiger charge is -2.31. The smallest absolute Gasteiger partial charge is 0.421 e. The fourth-order valence-electron chi connectivity index (χ4n) is 2.60. The molecule has 144 valence electrons. The van der Waals surface area contributed by atoms with E-state index in [9.17, 15) is 17.6 Å². The van der Waals surface area contributed by atoms with E-state index < -0.39 is 23.7 Å². The molecule has 1 aromatic carbocycles. The highest BCUT2D eigenvalue weighted by atomic mass is 79.9. The number of alkyl halides is 4. The molecule has 27 heavy (non-hydrogen) atoms. The minimum Gasteiger partial charge on any atom is -0.421 e. The van der Waals surface area contributed by atoms with Crippen molar-refractivity contribution in [2.45, 2.75) is 24.2 Å². The fraction of sp³-hybridized carbons (Fsp3) is 0.333. The number of ether oxygens (including phenoxy) is 2. The maximum Gasteiger partial charge on any atom is 0.507 e. The van der Waals surface area contributed by atoms with Crippen molar-refractivity contribution < 1.29 is 27.0 Å². The standard InChI is InChI=1S/C15H11BrF4N4O2S/c1-3-27-12-10(23-13(16)24(12)2)11-21-6-4-8-9(5-7(6)22-11)26-15(19,20)14(17,18)25-8/h4-5H,3H2,1-2H3,(H,21,22). The molecule has 1 aliphatic heterocycles. The third kappa shape index (κ3) is 2.85. The Morgan fingerprint density at radius 1 is 1.15 bits per heavy atom. The van der Waals surface area contributed by atoms with Crippen LogP contribution in [0.4, 0.5) is 17.6 Å². The quantitative estimate of drug-likeness (QED) is 0.443. The molecule has 0 unspecified atom stereocenters. The van der Waals surface area contributed by atoms with Crippen LogP contribution in [0.1, 0.15) is 6.92 Å². The predicted octanol–water partition coefficient (Wildman–Crippen LogP) is 4.79. The normalized spacial score (nSPS) is 17.4. The van der Waals surface area contributed by atoms with Gasteiger partial charge in [0.15, 0.2) is 22.1 Å². The number of nitrogens with zero attached hydrogens (tertiary/aromatic N) is 3. The number of imidazole rings is 2. The molecular weight excluding hydrogens is 456 g/mol. The predicted molar refractivity (Wildman–Crippen MR) is 93.5 cm³/mol. The largest absolute Gasteiger partial charge is 0.507 e. The summed E-state index contributed by atoms with van der Waals surface area (Å²) in [5.41, 5.74) is 1.12. The number of thioether (sulfide) groups is 1. The zero-order valence-corrected chi connectivity index (χ0v) is 16.2. The van der Waals surface area contributed by atoms with E-state index in [1.54, 1.807) is 11.8 Å². The van der Waals surface area contributed by atoms with Crippen LogP contribution in [0.25, 0.3) is 22.6 Å². The first kappa shape index (κ1) is 18.4. The van der Waals surface area contributed by atoms with Crippen molar-refractivity contribution in [3.63, 3.8) is 0 Å². The average Bonchev–Trinajstić information content (AvgIpc) is 3.09. The third-order valence-electron chi connectivity index (χ3n) is 3.86. The first-order valence-corrected chi connectivity index (χ1v) is 9.43. The van der Waals surface area contributed by atoms with Gasteiger partial charge in [-0.25, -0.2) is 9.97 Å². The van der Waals surface area contributed by atoms with E-state index in [-0.39, 0.29) is 5.52 Å². The van der Waals surface area contributed by atoms with Gasteiger partial charge >= 0.3 is 12.2 Å². The first-order valence-electron chi connectivity index (χ1n) is 7.65. The average molecular weight is 467 g/mol. The lowest BCUT2D eigenvalue weighted by atomic mass is 10.2. The van der Waals surface area contributed by atoms with E-state index in [0.717, 1.165) is 22.9 Å². The summed E-state index contributed by atoms with van der Waals surface area (Å²) < 4.78 is 64.2. The van der Waals surface area contributed by atoms with Gasteiger partial charge in [0.2, 0.25) is 0 Å². The second-order valence-corrected chi connectivity index (χ2v) is 7.63. The third-order valence-corrected chi connectivity index (χ3v) is 5.59. The summed E-state index contributed by atoms with van der Waals surface area (Å²) in [6.07, 6.45) is -9.54. The Hall–Kier alpha value is -1.95. The number of hydrogen-bond acceptors (Lipinski definition) is 5. The molecule has 0 spiro atoms. The molecule has 3 aromatic rings. The zero-order valence-electron chi connectivity index (χ0n) is 13.8. The van der Waals surface area contributed by atoms with E-state index in [4.69, 9.17) is 0 Å². The van der Waals surface area contributed by atoms with E-state index in [0.29, 0.717) is 21.8 Å². The van der Waals surface area contributed by atoms with Gasteiger partial charge in [-0.15, -0.1) is 11.8 Å². The van der Waals surface area contributed by atoms with Gasteiger partial charge in [-0.05, 0) is 21.7 Å². The van der Waals surface area contributed by atoms with E-state index in [1.807, 2.05) is 18.5 Å². The summed E-state index contributed by atoms with van der Waals surface area (Å²) in [4.78, 5) is 11.7. The molecule has 0 aliphatic carbocycles. The highest BCUT2D eigenvalue weighted by Crippen LogP contribution is 2.48. The van der Waals surface area contributed by atoms with Crippen molar-refractivity contribution in [3.05, 3.63) is 16.9 Å². The summed E-state index contributed by atoms with van der Waals surface area (Å²) >= 11 is 4.89. The van der Waals surface area contributed by atoms with Gasteiger partial charge < -0.3 is 19.0 Å². The molecule has 4 rings (SSSR count). The molecule has 1 aliphatic rings. The highest BCUT2D eigenvalue weighted by Gasteiger charge is 2.66. The Kier molecular flexibility index (Phi) is 4.11. The van der Waals surface area contributed by atoms with E-state index in [2.05, 4.69) is 40.4 Å². The number of halogens is 5. The van der Waals surface area contributed by atoms with Crippen LogP contribution in [0.5, 0.6) is 11.5 Å². The number of hydrogen-bond donors (Lipinski definition) is 1. The number of nitrogens with one attached hydrogen (secondary N) is 1. The number of fused-ring (bicyclic) bond motifs is 2. The lowest BCUT2D eigenvalue weighted by Crippen LogP contribution is -2.52. The Morgan fingerprint density at radius 3 is 2.41 bits per heavy atom. The van der Waals surface area contributed by atoms with Gasteiger partial charge in [-0.1, -0.05) is 6.92 Å². The van der Waals surface area contributed by atoms with Crippen LogP contribution in [0.2, 0.25) is 0 Å². The molecule has 0 bridgehead atoms. The van der Waals surface area contributed by atoms with Crippen LogP contribution < -0.4 is 9.47 Å². The minimum absolute atomic E-state index is 0.252. The molecule has 0 radical (unpaired) electrons. The van der Waals surface area contributed by atoms with E-state index in [1.165, 1.54) is 0 Å². The molecule has 6 nitrogen and oxygen atoms in total. The van der Waals surface area contributed by atoms with Gasteiger partial charge in [0.05, 0.1) is 11.0 Å². The highest BCUT2D eigenvalue weighted by molar-refractivity contribution is 9.10. The maximum atomic E-state index is 13.4. The van der Waals surface area contributed by atoms with Crippen molar-refractivity contribution in [2.24, 2.45) is 7.05 Å². The molecule has 3 heterocycles. The van der Waals surface area contributed by atoms with Crippen LogP contribution in [0, 0.1) is 0 Å². The number of benzene rings is 1. The molecule has 1 N–H and O–H groups in total. The summed E-state index contributed by atoms with van der Waals surface area (Å²) in [6.45, 7) is 1.98. The van der Waals surface area contributed by atoms with Gasteiger partial charge in [0.25, 0.3) is 0 Å². The molecule has 0 amide bonds. The van der Waals surface area contributed by atoms with Gasteiger partial charge in [0.1, 0.15) is 10.7 Å². The zero-order chi connectivity index (χ0) is 19.6. The van der Waals surface area contributed by atoms with Crippen molar-refractivity contribution in [1.82, 2.24) is 19.5 Å². The summed E-state index contributed by atoms with van der Waals surface area (Å²) in [5, 5.41) is 0.832. The Balaban J connectivity index is 1.83. The summed E-state index contributed by atoms with van der Waals surface area (Å²) in [5.74, 6) is 0.142. The number of aromatic amines is 1. The van der Waals surface area contributed by atoms with Crippen molar-refractivity contribution in [3.8, 4) is 23.0 Å². The number of aromatic nitrogens is 4. The monoisotopic (exact) mass is 466 g/mol. The van der Waals surface area contributed by atoms with Crippen molar-refractivity contribution in [1.29, 1.82) is 0 Å². The minimum atomic E-state index is -4.77. The van der Waals surface area contributed by atoms with Crippen LogP contribution >= 0.6 is 27.7 Å². The van der Waals surface area contributed by atoms with Gasteiger partial charge in [-0.3, -0.25) is 0 Å². The lowest BCUT2D eigenvalue weighted by molar-refractivity contribution is -0.391. The summed E-state index contributed by atoms with van der Waals surface area (Å²) in [6, 6.07) is 2.27. The molecule has 12 heteroatoms. The van der Waals surface area contributed by atoms with Gasteiger partial charge in [0, 0.05) is 19.2 Å². The van der Waals surface area contributed by atoms with Crippen LogP contribution in [-0.2, 0) is 7.05 Å². The molecule has 0 fully saturated rings. The van der Waals surface area contributed by atoms with Crippen molar-refractivity contribution >= 4 is 38.7 Å². The van der Waals surface area contributed by atoms with E-state index >= 15 is 0 Å². The molecule has 2 aromatic heterocycles. The van der Waals surface area contributed by atoms with Gasteiger partial charge in [-0.2, -0.15) is 17.6 Å². The molecular formula is C15H11BrF4N4O2S. The van der Waals surface area contributed by atoms with Crippen LogP contribution in [0.15, 0.2) is 21.9 Å². The maximum absolute atomic E-state index is 13.4. The Bertz CT molecular complexity index is 999. The fourth-order valence-corrected chi connectivity index (χ4v) is 3.90. The van der Waals surface area contributed by atoms with Crippen LogP contribution in [-0.4, -0.2) is 37.5 Å². The number of H-pyrrole nitrogens is 1. The first-order chi connectivity index (χ1) is 12.6. The molecule has 0 saturated heterocycles. The molecule has 0 saturated carbocycles. The van der Waals surface area contributed by atoms with Crippen LogP contribution in [0.3, 0.4) is 0 Å².